The van der Waals surface area contributed by atoms with Gasteiger partial charge in [-0.15, -0.1) is 0 Å². The molecular formula is C18H17N3O5S. The van der Waals surface area contributed by atoms with Crippen LogP contribution in [0.2, 0.25) is 0 Å². The van der Waals surface area contributed by atoms with Gasteiger partial charge >= 0.3 is 11.9 Å². The molecule has 27 heavy (non-hydrogen) atoms. The molecule has 3 heterocycles. The molecule has 0 atom stereocenters. The highest BCUT2D eigenvalue weighted by Crippen LogP contribution is 2.29. The number of nitrogens with zero attached hydrogens (tertiary/aromatic N) is 3. The number of likely N-dealkylation sites (tertiary alicyclic amines) is 1. The Hall–Kier alpha value is -3.04. The summed E-state index contributed by atoms with van der Waals surface area (Å²) in [5.74, 6) is -1.81. The molecule has 1 saturated heterocycles. The van der Waals surface area contributed by atoms with Crippen LogP contribution in [0, 0.1) is 0 Å². The molecule has 0 aliphatic carbocycles. The van der Waals surface area contributed by atoms with E-state index in [1.807, 2.05) is 22.9 Å². The van der Waals surface area contributed by atoms with Gasteiger partial charge in [-0.3, -0.25) is 4.90 Å². The van der Waals surface area contributed by atoms with Crippen LogP contribution in [0.5, 0.6) is 0 Å². The van der Waals surface area contributed by atoms with E-state index in [-0.39, 0.29) is 0 Å². The van der Waals surface area contributed by atoms with E-state index in [1.165, 1.54) is 5.56 Å². The van der Waals surface area contributed by atoms with Crippen molar-refractivity contribution in [2.45, 2.75) is 12.5 Å². The first-order valence-electron chi connectivity index (χ1n) is 8.11. The maximum Gasteiger partial charge on any atom is 0.414 e. The number of carbonyl (C=O) groups is 2. The lowest BCUT2D eigenvalue weighted by atomic mass is 9.99. The first-order valence-corrected chi connectivity index (χ1v) is 9.06. The van der Waals surface area contributed by atoms with Crippen LogP contribution in [-0.2, 0) is 16.1 Å². The Morgan fingerprint density at radius 2 is 1.85 bits per heavy atom. The SMILES string of the molecule is O=C(O)C(=O)O.c1ccc(CN2CC(c3nc(-c4ccsc4)no3)C2)cc1. The zero-order valence-corrected chi connectivity index (χ0v) is 15.0. The topological polar surface area (TPSA) is 117 Å². The average molecular weight is 387 g/mol. The number of benzene rings is 1. The van der Waals surface area contributed by atoms with Gasteiger partial charge in [0.2, 0.25) is 11.7 Å². The summed E-state index contributed by atoms with van der Waals surface area (Å²) >= 11 is 1.64. The highest BCUT2D eigenvalue weighted by Gasteiger charge is 2.32. The van der Waals surface area contributed by atoms with Crippen molar-refractivity contribution in [1.82, 2.24) is 15.0 Å². The van der Waals surface area contributed by atoms with E-state index in [4.69, 9.17) is 24.3 Å². The molecule has 4 rings (SSSR count). The molecule has 1 aliphatic rings. The lowest BCUT2D eigenvalue weighted by molar-refractivity contribution is -0.159. The Balaban J connectivity index is 0.000000307. The monoisotopic (exact) mass is 387 g/mol. The molecule has 1 aromatic carbocycles. The molecule has 0 spiro atoms. The molecule has 2 aromatic heterocycles. The molecule has 140 valence electrons. The predicted molar refractivity (Wildman–Crippen MR) is 97.3 cm³/mol. The van der Waals surface area contributed by atoms with Gasteiger partial charge in [0.05, 0.1) is 5.92 Å². The van der Waals surface area contributed by atoms with Crippen molar-refractivity contribution in [2.24, 2.45) is 0 Å². The third-order valence-electron chi connectivity index (χ3n) is 3.96. The maximum absolute atomic E-state index is 9.10. The Bertz CT molecular complexity index is 877. The van der Waals surface area contributed by atoms with Crippen LogP contribution in [0.3, 0.4) is 0 Å². The summed E-state index contributed by atoms with van der Waals surface area (Å²) in [6.45, 7) is 2.96. The van der Waals surface area contributed by atoms with Crippen molar-refractivity contribution in [3.63, 3.8) is 0 Å². The Labute approximate surface area is 158 Å². The van der Waals surface area contributed by atoms with Gasteiger partial charge in [-0.1, -0.05) is 35.5 Å². The van der Waals surface area contributed by atoms with Crippen LogP contribution in [-0.4, -0.2) is 50.3 Å². The van der Waals surface area contributed by atoms with E-state index in [9.17, 15) is 0 Å². The number of carboxylic acids is 2. The molecule has 0 radical (unpaired) electrons. The fourth-order valence-electron chi connectivity index (χ4n) is 2.61. The second-order valence-corrected chi connectivity index (χ2v) is 6.74. The van der Waals surface area contributed by atoms with Gasteiger partial charge in [0, 0.05) is 30.6 Å². The average Bonchev–Trinajstić information content (AvgIpc) is 3.30. The fraction of sp³-hybridized carbons (Fsp3) is 0.222. The fourth-order valence-corrected chi connectivity index (χ4v) is 3.24. The molecule has 9 heteroatoms. The standard InChI is InChI=1S/C16H15N3OS.C2H2O4/c1-2-4-12(5-3-1)8-19-9-14(10-19)16-17-15(18-20-16)13-6-7-21-11-13;3-1(4)2(5)6/h1-7,11,14H,8-10H2;(H,3,4)(H,5,6). The number of hydrogen-bond donors (Lipinski definition) is 2. The highest BCUT2D eigenvalue weighted by molar-refractivity contribution is 7.08. The van der Waals surface area contributed by atoms with Crippen molar-refractivity contribution in [2.75, 3.05) is 13.1 Å². The molecule has 2 N–H and O–H groups in total. The summed E-state index contributed by atoms with van der Waals surface area (Å²) in [6.07, 6.45) is 0. The largest absolute Gasteiger partial charge is 0.473 e. The molecular weight excluding hydrogens is 370 g/mol. The van der Waals surface area contributed by atoms with Crippen molar-refractivity contribution in [1.29, 1.82) is 0 Å². The first-order chi connectivity index (χ1) is 13.0. The van der Waals surface area contributed by atoms with Crippen molar-refractivity contribution in [3.05, 3.63) is 58.6 Å². The molecule has 0 saturated carbocycles. The van der Waals surface area contributed by atoms with Crippen molar-refractivity contribution < 1.29 is 24.3 Å². The van der Waals surface area contributed by atoms with E-state index < -0.39 is 11.9 Å². The van der Waals surface area contributed by atoms with Crippen LogP contribution >= 0.6 is 11.3 Å². The Morgan fingerprint density at radius 1 is 1.15 bits per heavy atom. The van der Waals surface area contributed by atoms with Gasteiger partial charge in [-0.2, -0.15) is 16.3 Å². The summed E-state index contributed by atoms with van der Waals surface area (Å²) in [5.41, 5.74) is 2.39. The summed E-state index contributed by atoms with van der Waals surface area (Å²) in [4.78, 5) is 25.1. The Morgan fingerprint density at radius 3 is 2.44 bits per heavy atom. The predicted octanol–water partition coefficient (Wildman–Crippen LogP) is 2.55. The van der Waals surface area contributed by atoms with Gasteiger partial charge in [0.1, 0.15) is 0 Å². The second kappa shape index (κ2) is 8.56. The zero-order valence-electron chi connectivity index (χ0n) is 14.2. The quantitative estimate of drug-likeness (QED) is 0.656. The van der Waals surface area contributed by atoms with E-state index >= 15 is 0 Å². The Kier molecular flexibility index (Phi) is 5.94. The smallest absolute Gasteiger partial charge is 0.414 e. The van der Waals surface area contributed by atoms with Crippen molar-refractivity contribution in [3.8, 4) is 11.4 Å². The van der Waals surface area contributed by atoms with Crippen LogP contribution in [0.15, 0.2) is 51.7 Å². The minimum atomic E-state index is -1.82. The first kappa shape index (κ1) is 18.7. The third kappa shape index (κ3) is 4.99. The number of hydrogen-bond acceptors (Lipinski definition) is 7. The molecule has 0 bridgehead atoms. The van der Waals surface area contributed by atoms with Gasteiger partial charge in [-0.05, 0) is 17.0 Å². The molecule has 8 nitrogen and oxygen atoms in total. The number of carboxylic acid groups (broad SMARTS) is 2. The second-order valence-electron chi connectivity index (χ2n) is 5.96. The van der Waals surface area contributed by atoms with Gasteiger partial charge in [0.25, 0.3) is 0 Å². The number of thiophene rings is 1. The number of aliphatic carboxylic acids is 2. The minimum absolute atomic E-state index is 0.369. The van der Waals surface area contributed by atoms with E-state index in [1.54, 1.807) is 11.3 Å². The molecule has 1 aliphatic heterocycles. The van der Waals surface area contributed by atoms with E-state index in [0.29, 0.717) is 11.7 Å². The van der Waals surface area contributed by atoms with E-state index in [2.05, 4.69) is 39.3 Å². The van der Waals surface area contributed by atoms with Crippen LogP contribution < -0.4 is 0 Å². The lowest BCUT2D eigenvalue weighted by Gasteiger charge is -2.37. The normalized spacial score (nSPS) is 14.1. The number of rotatable bonds is 4. The molecule has 1 fully saturated rings. The summed E-state index contributed by atoms with van der Waals surface area (Å²) in [7, 11) is 0. The van der Waals surface area contributed by atoms with Crippen LogP contribution in [0.4, 0.5) is 0 Å². The summed E-state index contributed by atoms with van der Waals surface area (Å²) in [5, 5.41) is 22.9. The highest BCUT2D eigenvalue weighted by atomic mass is 32.1. The van der Waals surface area contributed by atoms with Gasteiger partial charge in [-0.25, -0.2) is 9.59 Å². The van der Waals surface area contributed by atoms with Crippen LogP contribution in [0.25, 0.3) is 11.4 Å². The third-order valence-corrected chi connectivity index (χ3v) is 4.64. The summed E-state index contributed by atoms with van der Waals surface area (Å²) in [6, 6.07) is 12.5. The van der Waals surface area contributed by atoms with Gasteiger partial charge < -0.3 is 14.7 Å². The molecule has 0 amide bonds. The number of aromatic nitrogens is 2. The van der Waals surface area contributed by atoms with E-state index in [0.717, 1.165) is 31.1 Å². The molecule has 0 unspecified atom stereocenters. The molecule has 3 aromatic rings. The maximum atomic E-state index is 9.10. The lowest BCUT2D eigenvalue weighted by Crippen LogP contribution is -2.44. The summed E-state index contributed by atoms with van der Waals surface area (Å²) < 4.78 is 5.41. The zero-order chi connectivity index (χ0) is 19.2. The van der Waals surface area contributed by atoms with Gasteiger partial charge in [0.15, 0.2) is 0 Å². The van der Waals surface area contributed by atoms with Crippen molar-refractivity contribution >= 4 is 23.3 Å². The van der Waals surface area contributed by atoms with Crippen LogP contribution in [0.1, 0.15) is 17.4 Å². The minimum Gasteiger partial charge on any atom is -0.473 e.